The van der Waals surface area contributed by atoms with Crippen LogP contribution in [0.1, 0.15) is 22.3 Å². The molecule has 0 unspecified atom stereocenters. The van der Waals surface area contributed by atoms with E-state index in [2.05, 4.69) is 176 Å². The van der Waals surface area contributed by atoms with E-state index in [1.54, 1.807) is 0 Å². The molecule has 1 aliphatic carbocycles. The average Bonchev–Trinajstić information content (AvgIpc) is 3.66. The fourth-order valence-corrected chi connectivity index (χ4v) is 9.18. The molecule has 0 spiro atoms. The number of hydrogen-bond acceptors (Lipinski definition) is 3. The summed E-state index contributed by atoms with van der Waals surface area (Å²) in [5, 5.41) is 0. The molecule has 9 aromatic carbocycles. The summed E-state index contributed by atoms with van der Waals surface area (Å²) in [6.07, 6.45) is 0. The molecule has 1 heterocycles. The molecule has 3 heteroatoms. The van der Waals surface area contributed by atoms with Crippen LogP contribution in [0.3, 0.4) is 0 Å². The second kappa shape index (κ2) is 15.3. The van der Waals surface area contributed by atoms with Crippen molar-refractivity contribution >= 4 is 0 Å². The number of rotatable bonds is 8. The molecule has 0 aliphatic heterocycles. The van der Waals surface area contributed by atoms with E-state index in [-0.39, 0.29) is 0 Å². The zero-order valence-corrected chi connectivity index (χ0v) is 33.4. The number of fused-ring (bicyclic) bond motifs is 3. The Kier molecular flexibility index (Phi) is 9.05. The summed E-state index contributed by atoms with van der Waals surface area (Å²) in [6, 6.07) is 84.4. The highest BCUT2D eigenvalue weighted by molar-refractivity contribution is 5.87. The minimum Gasteiger partial charge on any atom is -0.208 e. The molecule has 1 aromatic heterocycles. The predicted octanol–water partition coefficient (Wildman–Crippen LogP) is 14.2. The van der Waals surface area contributed by atoms with Gasteiger partial charge in [-0.2, -0.15) is 0 Å². The smallest absolute Gasteiger partial charge is 0.164 e. The van der Waals surface area contributed by atoms with Gasteiger partial charge in [0.25, 0.3) is 0 Å². The average molecular weight is 778 g/mol. The highest BCUT2D eigenvalue weighted by Gasteiger charge is 2.45. The first kappa shape index (κ1) is 36.1. The molecule has 1 aliphatic rings. The van der Waals surface area contributed by atoms with Crippen LogP contribution in [-0.2, 0) is 5.41 Å². The highest BCUT2D eigenvalue weighted by Crippen LogP contribution is 2.56. The summed E-state index contributed by atoms with van der Waals surface area (Å²) in [5.41, 5.74) is 17.0. The van der Waals surface area contributed by atoms with Crippen LogP contribution >= 0.6 is 0 Å². The van der Waals surface area contributed by atoms with Crippen molar-refractivity contribution in [2.75, 3.05) is 0 Å². The summed E-state index contributed by atoms with van der Waals surface area (Å²) in [4.78, 5) is 14.9. The first-order chi connectivity index (χ1) is 30.2. The Morgan fingerprint density at radius 3 is 1.02 bits per heavy atom. The molecule has 0 N–H and O–H groups in total. The topological polar surface area (TPSA) is 38.7 Å². The Morgan fingerprint density at radius 1 is 0.230 bits per heavy atom. The highest BCUT2D eigenvalue weighted by atomic mass is 15.0. The third-order valence-electron chi connectivity index (χ3n) is 12.0. The van der Waals surface area contributed by atoms with E-state index in [1.807, 2.05) is 60.7 Å². The molecule has 0 bridgehead atoms. The Labute approximate surface area is 356 Å². The lowest BCUT2D eigenvalue weighted by Gasteiger charge is -2.34. The normalized spacial score (nSPS) is 12.4. The van der Waals surface area contributed by atoms with Crippen LogP contribution in [-0.4, -0.2) is 15.0 Å². The molecule has 3 nitrogen and oxygen atoms in total. The van der Waals surface area contributed by atoms with Crippen molar-refractivity contribution in [2.24, 2.45) is 0 Å². The summed E-state index contributed by atoms with van der Waals surface area (Å²) in [6.45, 7) is 0. The van der Waals surface area contributed by atoms with E-state index >= 15 is 0 Å². The Bertz CT molecular complexity index is 3090. The molecule has 0 fully saturated rings. The van der Waals surface area contributed by atoms with Crippen molar-refractivity contribution in [3.05, 3.63) is 259 Å². The van der Waals surface area contributed by atoms with Crippen LogP contribution in [0.5, 0.6) is 0 Å². The molecule has 61 heavy (non-hydrogen) atoms. The maximum atomic E-state index is 4.99. The quantitative estimate of drug-likeness (QED) is 0.154. The van der Waals surface area contributed by atoms with E-state index in [0.717, 1.165) is 38.9 Å². The predicted molar refractivity (Wildman–Crippen MR) is 250 cm³/mol. The van der Waals surface area contributed by atoms with Crippen molar-refractivity contribution in [3.8, 4) is 78.7 Å². The number of nitrogens with zero attached hydrogens (tertiary/aromatic N) is 3. The fourth-order valence-electron chi connectivity index (χ4n) is 9.18. The lowest BCUT2D eigenvalue weighted by Crippen LogP contribution is -2.28. The zero-order valence-electron chi connectivity index (χ0n) is 33.4. The van der Waals surface area contributed by atoms with Gasteiger partial charge in [0, 0.05) is 16.7 Å². The molecule has 0 atom stereocenters. The summed E-state index contributed by atoms with van der Waals surface area (Å²) in [7, 11) is 0. The Hall–Kier alpha value is -8.01. The summed E-state index contributed by atoms with van der Waals surface area (Å²) >= 11 is 0. The minimum absolute atomic E-state index is 0.446. The van der Waals surface area contributed by atoms with Gasteiger partial charge < -0.3 is 0 Å². The Balaban J connectivity index is 0.961. The summed E-state index contributed by atoms with van der Waals surface area (Å²) in [5.74, 6) is 1.94. The molecular weight excluding hydrogens is 739 g/mol. The third kappa shape index (κ3) is 6.44. The van der Waals surface area contributed by atoms with E-state index in [9.17, 15) is 0 Å². The number of aromatic nitrogens is 3. The second-order valence-electron chi connectivity index (χ2n) is 15.6. The molecule has 11 rings (SSSR count). The Morgan fingerprint density at radius 2 is 0.541 bits per heavy atom. The largest absolute Gasteiger partial charge is 0.208 e. The van der Waals surface area contributed by atoms with Crippen LogP contribution in [0, 0.1) is 0 Å². The lowest BCUT2D eigenvalue weighted by atomic mass is 9.67. The van der Waals surface area contributed by atoms with Crippen molar-refractivity contribution in [1.29, 1.82) is 0 Å². The zero-order chi connectivity index (χ0) is 40.6. The van der Waals surface area contributed by atoms with Crippen molar-refractivity contribution in [3.63, 3.8) is 0 Å². The monoisotopic (exact) mass is 777 g/mol. The van der Waals surface area contributed by atoms with Gasteiger partial charge in [-0.3, -0.25) is 0 Å². The van der Waals surface area contributed by atoms with Gasteiger partial charge in [0.05, 0.1) is 5.41 Å². The minimum atomic E-state index is -0.446. The first-order valence-corrected chi connectivity index (χ1v) is 20.8. The van der Waals surface area contributed by atoms with Gasteiger partial charge in [0.15, 0.2) is 17.5 Å². The van der Waals surface area contributed by atoms with E-state index < -0.39 is 5.41 Å². The van der Waals surface area contributed by atoms with Gasteiger partial charge in [-0.1, -0.05) is 212 Å². The molecule has 0 radical (unpaired) electrons. The second-order valence-corrected chi connectivity index (χ2v) is 15.6. The van der Waals surface area contributed by atoms with Crippen LogP contribution < -0.4 is 0 Å². The molecule has 0 saturated carbocycles. The SMILES string of the molecule is c1ccc(-c2nc(-c3ccccc3)nc(-c3cccc(-c4cccc(-c5cccc(-c6cccc(C7(c8ccccc8)c8ccccc8-c8ccccc87)c6)c5)c4)c3)n2)cc1. The van der Waals surface area contributed by atoms with Gasteiger partial charge in [0.2, 0.25) is 0 Å². The fraction of sp³-hybridized carbons (Fsp3) is 0.0172. The number of hydrogen-bond donors (Lipinski definition) is 0. The standard InChI is InChI=1S/C58H39N3/c1-4-18-40(19-5-1)55-59-56(41-20-6-2-7-21-41)61-57(60-55)48-28-16-26-46(38-48)44-24-14-22-42(36-44)43-23-15-25-45(37-43)47-27-17-31-50(39-47)58(49-29-8-3-9-30-49)53-34-12-10-32-51(53)52-33-11-13-35-54(52)58/h1-39H. The van der Waals surface area contributed by atoms with Crippen molar-refractivity contribution in [2.45, 2.75) is 5.41 Å². The molecule has 0 amide bonds. The molecule has 286 valence electrons. The maximum absolute atomic E-state index is 4.99. The van der Waals surface area contributed by atoms with Crippen LogP contribution in [0.25, 0.3) is 78.7 Å². The lowest BCUT2D eigenvalue weighted by molar-refractivity contribution is 0.769. The molecule has 0 saturated heterocycles. The van der Waals surface area contributed by atoms with Gasteiger partial charge in [-0.15, -0.1) is 0 Å². The van der Waals surface area contributed by atoms with Gasteiger partial charge in [-0.05, 0) is 91.0 Å². The van der Waals surface area contributed by atoms with E-state index in [1.165, 1.54) is 44.5 Å². The maximum Gasteiger partial charge on any atom is 0.164 e. The van der Waals surface area contributed by atoms with Crippen LogP contribution in [0.15, 0.2) is 237 Å². The molecule has 10 aromatic rings. The van der Waals surface area contributed by atoms with Crippen molar-refractivity contribution in [1.82, 2.24) is 15.0 Å². The van der Waals surface area contributed by atoms with Crippen molar-refractivity contribution < 1.29 is 0 Å². The van der Waals surface area contributed by atoms with Crippen LogP contribution in [0.2, 0.25) is 0 Å². The van der Waals surface area contributed by atoms with Gasteiger partial charge >= 0.3 is 0 Å². The van der Waals surface area contributed by atoms with Crippen LogP contribution in [0.4, 0.5) is 0 Å². The first-order valence-electron chi connectivity index (χ1n) is 20.8. The van der Waals surface area contributed by atoms with Gasteiger partial charge in [0.1, 0.15) is 0 Å². The van der Waals surface area contributed by atoms with E-state index in [4.69, 9.17) is 15.0 Å². The molecular formula is C58H39N3. The third-order valence-corrected chi connectivity index (χ3v) is 12.0. The van der Waals surface area contributed by atoms with E-state index in [0.29, 0.717) is 17.5 Å². The van der Waals surface area contributed by atoms with Gasteiger partial charge in [-0.25, -0.2) is 15.0 Å². The summed E-state index contributed by atoms with van der Waals surface area (Å²) < 4.78 is 0. The number of benzene rings is 9.